The van der Waals surface area contributed by atoms with Gasteiger partial charge in [-0.25, -0.2) is 0 Å². The van der Waals surface area contributed by atoms with Gasteiger partial charge in [-0.15, -0.1) is 10.2 Å². The lowest BCUT2D eigenvalue weighted by Crippen LogP contribution is -2.22. The van der Waals surface area contributed by atoms with E-state index in [1.807, 2.05) is 0 Å². The van der Waals surface area contributed by atoms with Crippen molar-refractivity contribution in [2.24, 2.45) is 0 Å². The van der Waals surface area contributed by atoms with Crippen molar-refractivity contribution in [3.63, 3.8) is 0 Å². The van der Waals surface area contributed by atoms with E-state index in [0.29, 0.717) is 15.2 Å². The average molecular weight is 281 g/mol. The van der Waals surface area contributed by atoms with Gasteiger partial charge >= 0.3 is 0 Å². The number of hydrogen-bond donors (Lipinski definition) is 2. The molecule has 94 valence electrons. The van der Waals surface area contributed by atoms with Crippen molar-refractivity contribution in [2.75, 3.05) is 11.1 Å². The lowest BCUT2D eigenvalue weighted by molar-refractivity contribution is -0.115. The third kappa shape index (κ3) is 3.41. The number of nitrogens with two attached hydrogens (primary N) is 1. The van der Waals surface area contributed by atoms with Crippen LogP contribution in [0.1, 0.15) is 6.92 Å². The fourth-order valence-electron chi connectivity index (χ4n) is 1.15. The molecular weight excluding hydrogens is 270 g/mol. The molecule has 0 aliphatic carbocycles. The summed E-state index contributed by atoms with van der Waals surface area (Å²) < 4.78 is 0.682. The summed E-state index contributed by atoms with van der Waals surface area (Å²) in [5.41, 5.74) is 6.15. The van der Waals surface area contributed by atoms with Crippen LogP contribution in [0.25, 0.3) is 0 Å². The van der Waals surface area contributed by atoms with Crippen LogP contribution >= 0.6 is 23.1 Å². The van der Waals surface area contributed by atoms with Crippen molar-refractivity contribution in [2.45, 2.75) is 16.5 Å². The molecule has 0 bridgehead atoms. The van der Waals surface area contributed by atoms with Crippen LogP contribution in [0.3, 0.4) is 0 Å². The number of pyridine rings is 1. The third-order valence-corrected chi connectivity index (χ3v) is 3.93. The molecule has 1 unspecified atom stereocenters. The van der Waals surface area contributed by atoms with Crippen LogP contribution in [0.2, 0.25) is 0 Å². The molecule has 0 aliphatic heterocycles. The first-order valence-electron chi connectivity index (χ1n) is 5.11. The molecule has 2 rings (SSSR count). The van der Waals surface area contributed by atoms with E-state index < -0.39 is 0 Å². The molecule has 0 fully saturated rings. The van der Waals surface area contributed by atoms with Gasteiger partial charge in [0.1, 0.15) is 0 Å². The van der Waals surface area contributed by atoms with E-state index in [1.54, 1.807) is 31.5 Å². The number of nitrogen functional groups attached to an aromatic ring is 1. The Morgan fingerprint density at radius 2 is 2.39 bits per heavy atom. The number of nitrogens with one attached hydrogen (secondary N) is 1. The first kappa shape index (κ1) is 12.8. The largest absolute Gasteiger partial charge is 0.374 e. The van der Waals surface area contributed by atoms with Crippen LogP contribution < -0.4 is 11.1 Å². The fraction of sp³-hybridized carbons (Fsp3) is 0.200. The average Bonchev–Trinajstić information content (AvgIpc) is 2.76. The molecule has 0 spiro atoms. The molecule has 3 N–H and O–H groups in total. The van der Waals surface area contributed by atoms with Crippen molar-refractivity contribution in [1.82, 2.24) is 15.2 Å². The molecule has 0 radical (unpaired) electrons. The number of amides is 1. The number of carbonyl (C=O) groups excluding carboxylic acids is 1. The van der Waals surface area contributed by atoms with Gasteiger partial charge in [0.2, 0.25) is 11.0 Å². The quantitative estimate of drug-likeness (QED) is 0.827. The summed E-state index contributed by atoms with van der Waals surface area (Å²) in [6.45, 7) is 1.80. The Hall–Kier alpha value is -1.67. The summed E-state index contributed by atoms with van der Waals surface area (Å²) in [6.07, 6.45) is 3.25. The molecule has 2 heterocycles. The minimum atomic E-state index is -0.280. The Bertz CT molecular complexity index is 530. The summed E-state index contributed by atoms with van der Waals surface area (Å²) in [6, 6.07) is 3.55. The van der Waals surface area contributed by atoms with E-state index in [2.05, 4.69) is 20.5 Å². The number of nitrogens with zero attached hydrogens (tertiary/aromatic N) is 3. The second kappa shape index (κ2) is 5.78. The highest BCUT2D eigenvalue weighted by molar-refractivity contribution is 8.02. The maximum absolute atomic E-state index is 11.9. The predicted molar refractivity (Wildman–Crippen MR) is 72.5 cm³/mol. The molecule has 2 aromatic rings. The maximum Gasteiger partial charge on any atom is 0.237 e. The molecule has 8 heteroatoms. The number of thioether (sulfide) groups is 1. The number of rotatable bonds is 4. The first-order valence-corrected chi connectivity index (χ1v) is 6.81. The summed E-state index contributed by atoms with van der Waals surface area (Å²) in [7, 11) is 0. The normalized spacial score (nSPS) is 12.1. The van der Waals surface area contributed by atoms with E-state index in [1.165, 1.54) is 23.1 Å². The molecular formula is C10H11N5OS2. The van der Waals surface area contributed by atoms with E-state index in [-0.39, 0.29) is 11.2 Å². The van der Waals surface area contributed by atoms with Gasteiger partial charge < -0.3 is 11.1 Å². The molecule has 0 aromatic carbocycles. The van der Waals surface area contributed by atoms with Crippen LogP contribution in [0.4, 0.5) is 10.8 Å². The zero-order chi connectivity index (χ0) is 13.0. The summed E-state index contributed by atoms with van der Waals surface area (Å²) in [5, 5.41) is 10.4. The second-order valence-corrected chi connectivity index (χ2v) is 5.99. The van der Waals surface area contributed by atoms with Crippen LogP contribution in [0.5, 0.6) is 0 Å². The zero-order valence-corrected chi connectivity index (χ0v) is 11.2. The van der Waals surface area contributed by atoms with Crippen LogP contribution in [0, 0.1) is 0 Å². The van der Waals surface area contributed by atoms with E-state index in [9.17, 15) is 4.79 Å². The Kier molecular flexibility index (Phi) is 4.11. The lowest BCUT2D eigenvalue weighted by atomic mass is 10.4. The lowest BCUT2D eigenvalue weighted by Gasteiger charge is -2.09. The molecule has 1 atom stereocenters. The minimum absolute atomic E-state index is 0.109. The number of hydrogen-bond acceptors (Lipinski definition) is 7. The molecule has 18 heavy (non-hydrogen) atoms. The highest BCUT2D eigenvalue weighted by Crippen LogP contribution is 2.27. The highest BCUT2D eigenvalue weighted by atomic mass is 32.2. The highest BCUT2D eigenvalue weighted by Gasteiger charge is 2.16. The van der Waals surface area contributed by atoms with Crippen molar-refractivity contribution < 1.29 is 4.79 Å². The van der Waals surface area contributed by atoms with Crippen LogP contribution in [0.15, 0.2) is 28.9 Å². The fourth-order valence-corrected chi connectivity index (χ4v) is 2.93. The van der Waals surface area contributed by atoms with Gasteiger partial charge in [-0.05, 0) is 19.1 Å². The summed E-state index contributed by atoms with van der Waals surface area (Å²) in [5.74, 6) is -0.109. The molecule has 6 nitrogen and oxygen atoms in total. The van der Waals surface area contributed by atoms with Crippen molar-refractivity contribution >= 4 is 39.8 Å². The summed E-state index contributed by atoms with van der Waals surface area (Å²) >= 11 is 2.59. The van der Waals surface area contributed by atoms with Gasteiger partial charge in [-0.2, -0.15) is 0 Å². The van der Waals surface area contributed by atoms with Crippen molar-refractivity contribution in [1.29, 1.82) is 0 Å². The monoisotopic (exact) mass is 281 g/mol. The zero-order valence-electron chi connectivity index (χ0n) is 9.53. The number of aromatic nitrogens is 3. The minimum Gasteiger partial charge on any atom is -0.374 e. The molecule has 1 amide bonds. The van der Waals surface area contributed by atoms with Gasteiger partial charge in [0, 0.05) is 6.20 Å². The van der Waals surface area contributed by atoms with Gasteiger partial charge in [-0.1, -0.05) is 23.1 Å². The van der Waals surface area contributed by atoms with Crippen LogP contribution in [-0.2, 0) is 4.79 Å². The topological polar surface area (TPSA) is 93.8 Å². The Balaban J connectivity index is 1.93. The Morgan fingerprint density at radius 3 is 3.00 bits per heavy atom. The number of carbonyl (C=O) groups is 1. The molecule has 2 aromatic heterocycles. The maximum atomic E-state index is 11.9. The smallest absolute Gasteiger partial charge is 0.237 e. The third-order valence-electron chi connectivity index (χ3n) is 2.00. The summed E-state index contributed by atoms with van der Waals surface area (Å²) in [4.78, 5) is 15.8. The Labute approximate surface area is 112 Å². The first-order chi connectivity index (χ1) is 8.65. The standard InChI is InChI=1S/C10H11N5OS2/c1-6(17-10-15-14-9(11)18-10)8(16)13-7-3-2-4-12-5-7/h2-6H,1H3,(H2,11,14)(H,13,16). The molecule has 0 aliphatic rings. The van der Waals surface area contributed by atoms with Gasteiger partial charge in [0.25, 0.3) is 0 Å². The number of anilines is 2. The van der Waals surface area contributed by atoms with E-state index in [4.69, 9.17) is 5.73 Å². The van der Waals surface area contributed by atoms with E-state index in [0.717, 1.165) is 0 Å². The Morgan fingerprint density at radius 1 is 1.56 bits per heavy atom. The van der Waals surface area contributed by atoms with Gasteiger partial charge in [0.15, 0.2) is 4.34 Å². The second-order valence-electron chi connectivity index (χ2n) is 3.40. The molecule has 0 saturated carbocycles. The molecule has 0 saturated heterocycles. The van der Waals surface area contributed by atoms with Gasteiger partial charge in [-0.3, -0.25) is 9.78 Å². The van der Waals surface area contributed by atoms with Gasteiger partial charge in [0.05, 0.1) is 17.1 Å². The predicted octanol–water partition coefficient (Wildman–Crippen LogP) is 1.63. The van der Waals surface area contributed by atoms with Crippen molar-refractivity contribution in [3.05, 3.63) is 24.5 Å². The SMILES string of the molecule is CC(Sc1nnc(N)s1)C(=O)Nc1cccnc1. The van der Waals surface area contributed by atoms with Crippen molar-refractivity contribution in [3.8, 4) is 0 Å². The van der Waals surface area contributed by atoms with E-state index >= 15 is 0 Å². The van der Waals surface area contributed by atoms with Crippen LogP contribution in [-0.4, -0.2) is 26.3 Å².